The van der Waals surface area contributed by atoms with Crippen molar-refractivity contribution in [1.82, 2.24) is 4.98 Å². The molecule has 0 aliphatic heterocycles. The molecule has 0 atom stereocenters. The SMILES string of the molecule is Cc1cnc(Br)c(O)c1. The molecule has 1 N–H and O–H groups in total. The van der Waals surface area contributed by atoms with Crippen LogP contribution in [-0.2, 0) is 0 Å². The summed E-state index contributed by atoms with van der Waals surface area (Å²) in [6, 6.07) is 1.65. The van der Waals surface area contributed by atoms with Crippen molar-refractivity contribution in [2.75, 3.05) is 0 Å². The summed E-state index contributed by atoms with van der Waals surface area (Å²) in [7, 11) is 0. The van der Waals surface area contributed by atoms with Crippen LogP contribution in [0.3, 0.4) is 0 Å². The Hall–Kier alpha value is -0.570. The maximum Gasteiger partial charge on any atom is 0.148 e. The first kappa shape index (κ1) is 6.55. The topological polar surface area (TPSA) is 33.1 Å². The molecule has 0 aromatic carbocycles. The number of hydrogen-bond acceptors (Lipinski definition) is 2. The fourth-order valence-electron chi connectivity index (χ4n) is 0.537. The Morgan fingerprint density at radius 1 is 1.67 bits per heavy atom. The maximum atomic E-state index is 8.99. The summed E-state index contributed by atoms with van der Waals surface area (Å²) in [4.78, 5) is 3.84. The molecule has 1 aromatic rings. The van der Waals surface area contributed by atoms with Gasteiger partial charge in [-0.1, -0.05) is 0 Å². The Morgan fingerprint density at radius 3 is 2.78 bits per heavy atom. The molecule has 0 saturated heterocycles. The van der Waals surface area contributed by atoms with Gasteiger partial charge in [0.15, 0.2) is 0 Å². The molecule has 1 rings (SSSR count). The first-order valence-corrected chi connectivity index (χ1v) is 3.30. The van der Waals surface area contributed by atoms with Crippen LogP contribution in [0.4, 0.5) is 0 Å². The van der Waals surface area contributed by atoms with Crippen LogP contribution in [0.25, 0.3) is 0 Å². The molecular weight excluding hydrogens is 182 g/mol. The number of hydrogen-bond donors (Lipinski definition) is 1. The standard InChI is InChI=1S/C6H6BrNO/c1-4-2-5(9)6(7)8-3-4/h2-3,9H,1H3. The predicted molar refractivity (Wildman–Crippen MR) is 38.3 cm³/mol. The van der Waals surface area contributed by atoms with Gasteiger partial charge in [-0.25, -0.2) is 4.98 Å². The highest BCUT2D eigenvalue weighted by molar-refractivity contribution is 9.10. The number of aryl methyl sites for hydroxylation is 1. The lowest BCUT2D eigenvalue weighted by Crippen LogP contribution is -1.77. The van der Waals surface area contributed by atoms with E-state index in [2.05, 4.69) is 20.9 Å². The predicted octanol–water partition coefficient (Wildman–Crippen LogP) is 1.86. The normalized spacial score (nSPS) is 9.56. The van der Waals surface area contributed by atoms with Gasteiger partial charge >= 0.3 is 0 Å². The van der Waals surface area contributed by atoms with Gasteiger partial charge < -0.3 is 5.11 Å². The van der Waals surface area contributed by atoms with Crippen LogP contribution in [0.5, 0.6) is 5.75 Å². The van der Waals surface area contributed by atoms with E-state index in [1.54, 1.807) is 12.3 Å². The molecule has 3 heteroatoms. The van der Waals surface area contributed by atoms with Crippen molar-refractivity contribution in [3.8, 4) is 5.75 Å². The third kappa shape index (κ3) is 1.42. The maximum absolute atomic E-state index is 8.99. The van der Waals surface area contributed by atoms with E-state index in [4.69, 9.17) is 5.11 Å². The largest absolute Gasteiger partial charge is 0.505 e. The Kier molecular flexibility index (Phi) is 1.71. The van der Waals surface area contributed by atoms with Crippen LogP contribution in [0.1, 0.15) is 5.56 Å². The van der Waals surface area contributed by atoms with Crippen molar-refractivity contribution >= 4 is 15.9 Å². The number of nitrogens with zero attached hydrogens (tertiary/aromatic N) is 1. The van der Waals surface area contributed by atoms with Crippen molar-refractivity contribution in [3.63, 3.8) is 0 Å². The molecule has 0 fully saturated rings. The zero-order valence-corrected chi connectivity index (χ0v) is 6.51. The van der Waals surface area contributed by atoms with Crippen molar-refractivity contribution in [1.29, 1.82) is 0 Å². The molecule has 0 spiro atoms. The van der Waals surface area contributed by atoms with Crippen LogP contribution < -0.4 is 0 Å². The van der Waals surface area contributed by atoms with Gasteiger partial charge in [-0.15, -0.1) is 0 Å². The van der Waals surface area contributed by atoms with Crippen LogP contribution in [0, 0.1) is 6.92 Å². The minimum atomic E-state index is 0.190. The fourth-order valence-corrected chi connectivity index (χ4v) is 0.754. The molecule has 48 valence electrons. The first-order valence-electron chi connectivity index (χ1n) is 2.51. The highest BCUT2D eigenvalue weighted by Gasteiger charge is 1.95. The third-order valence-corrected chi connectivity index (χ3v) is 1.57. The van der Waals surface area contributed by atoms with E-state index in [9.17, 15) is 0 Å². The lowest BCUT2D eigenvalue weighted by Gasteiger charge is -1.94. The summed E-state index contributed by atoms with van der Waals surface area (Å²) in [6.45, 7) is 1.87. The second kappa shape index (κ2) is 2.35. The average molecular weight is 188 g/mol. The quantitative estimate of drug-likeness (QED) is 0.630. The number of rotatable bonds is 0. The van der Waals surface area contributed by atoms with Gasteiger partial charge in [0.05, 0.1) is 0 Å². The summed E-state index contributed by atoms with van der Waals surface area (Å²) >= 11 is 3.07. The molecule has 1 aromatic heterocycles. The number of halogens is 1. The second-order valence-electron chi connectivity index (χ2n) is 1.82. The Balaban J connectivity index is 3.17. The summed E-state index contributed by atoms with van der Waals surface area (Å²) < 4.78 is 0.494. The molecule has 0 amide bonds. The van der Waals surface area contributed by atoms with Crippen LogP contribution >= 0.6 is 15.9 Å². The minimum absolute atomic E-state index is 0.190. The van der Waals surface area contributed by atoms with Crippen LogP contribution in [0.15, 0.2) is 16.9 Å². The van der Waals surface area contributed by atoms with E-state index in [0.717, 1.165) is 5.56 Å². The summed E-state index contributed by atoms with van der Waals surface area (Å²) in [5, 5.41) is 8.99. The van der Waals surface area contributed by atoms with Gasteiger partial charge in [0.25, 0.3) is 0 Å². The van der Waals surface area contributed by atoms with E-state index < -0.39 is 0 Å². The minimum Gasteiger partial charge on any atom is -0.505 e. The van der Waals surface area contributed by atoms with Gasteiger partial charge in [-0.05, 0) is 34.5 Å². The smallest absolute Gasteiger partial charge is 0.148 e. The van der Waals surface area contributed by atoms with E-state index in [1.807, 2.05) is 6.92 Å². The van der Waals surface area contributed by atoms with Gasteiger partial charge in [0, 0.05) is 6.20 Å². The highest BCUT2D eigenvalue weighted by Crippen LogP contribution is 2.20. The molecule has 0 aliphatic rings. The molecule has 2 nitrogen and oxygen atoms in total. The van der Waals surface area contributed by atoms with E-state index in [1.165, 1.54) is 0 Å². The fraction of sp³-hybridized carbons (Fsp3) is 0.167. The van der Waals surface area contributed by atoms with Gasteiger partial charge in [-0.2, -0.15) is 0 Å². The highest BCUT2D eigenvalue weighted by atomic mass is 79.9. The average Bonchev–Trinajstić information content (AvgIpc) is 1.80. The number of aromatic hydroxyl groups is 1. The molecule has 0 saturated carbocycles. The molecule has 0 aliphatic carbocycles. The summed E-state index contributed by atoms with van der Waals surface area (Å²) in [5.74, 6) is 0.190. The van der Waals surface area contributed by atoms with E-state index in [0.29, 0.717) is 4.60 Å². The molecule has 0 radical (unpaired) electrons. The Labute approximate surface area is 61.7 Å². The van der Waals surface area contributed by atoms with Crippen LogP contribution in [0.2, 0.25) is 0 Å². The van der Waals surface area contributed by atoms with E-state index >= 15 is 0 Å². The molecular formula is C6H6BrNO. The molecule has 0 bridgehead atoms. The Bertz CT molecular complexity index is 224. The monoisotopic (exact) mass is 187 g/mol. The zero-order chi connectivity index (χ0) is 6.85. The summed E-state index contributed by atoms with van der Waals surface area (Å²) in [5.41, 5.74) is 0.954. The summed E-state index contributed by atoms with van der Waals surface area (Å²) in [6.07, 6.45) is 1.68. The third-order valence-electron chi connectivity index (χ3n) is 0.957. The lowest BCUT2D eigenvalue weighted by atomic mass is 10.3. The number of pyridine rings is 1. The molecule has 0 unspecified atom stereocenters. The lowest BCUT2D eigenvalue weighted by molar-refractivity contribution is 0.468. The van der Waals surface area contributed by atoms with Crippen molar-refractivity contribution in [2.24, 2.45) is 0 Å². The van der Waals surface area contributed by atoms with Crippen molar-refractivity contribution in [2.45, 2.75) is 6.92 Å². The van der Waals surface area contributed by atoms with Crippen molar-refractivity contribution in [3.05, 3.63) is 22.4 Å². The van der Waals surface area contributed by atoms with E-state index in [-0.39, 0.29) is 5.75 Å². The first-order chi connectivity index (χ1) is 4.20. The van der Waals surface area contributed by atoms with Crippen molar-refractivity contribution < 1.29 is 5.11 Å². The second-order valence-corrected chi connectivity index (χ2v) is 2.57. The van der Waals surface area contributed by atoms with Gasteiger partial charge in [0.1, 0.15) is 10.4 Å². The van der Waals surface area contributed by atoms with Gasteiger partial charge in [0.2, 0.25) is 0 Å². The number of aromatic nitrogens is 1. The molecule has 9 heavy (non-hydrogen) atoms. The van der Waals surface area contributed by atoms with Crippen LogP contribution in [-0.4, -0.2) is 10.1 Å². The molecule has 1 heterocycles. The zero-order valence-electron chi connectivity index (χ0n) is 4.93. The van der Waals surface area contributed by atoms with Gasteiger partial charge in [-0.3, -0.25) is 0 Å². The Morgan fingerprint density at radius 2 is 2.33 bits per heavy atom.